The predicted octanol–water partition coefficient (Wildman–Crippen LogP) is 17.4. The highest BCUT2D eigenvalue weighted by Crippen LogP contribution is 2.68. The third-order valence-corrected chi connectivity index (χ3v) is 18.9. The third-order valence-electron chi connectivity index (χ3n) is 15.3. The maximum Gasteiger partial charge on any atom is 0.511 e. The lowest BCUT2D eigenvalue weighted by Gasteiger charge is -2.44. The number of hydrogen-bond donors (Lipinski definition) is 1. The number of fused-ring (bicyclic) bond motifs is 1. The van der Waals surface area contributed by atoms with Crippen LogP contribution in [0.2, 0.25) is 0 Å². The summed E-state index contributed by atoms with van der Waals surface area (Å²) < 4.78 is 123. The van der Waals surface area contributed by atoms with Crippen molar-refractivity contribution in [3.63, 3.8) is 0 Å². The Morgan fingerprint density at radius 2 is 0.571 bits per heavy atom. The minimum absolute atomic E-state index is 0.362. The Kier molecular flexibility index (Phi) is 15.6. The van der Waals surface area contributed by atoms with E-state index in [0.29, 0.717) is 22.3 Å². The lowest BCUT2D eigenvalue weighted by molar-refractivity contribution is -0.176. The Hall–Kier alpha value is -3.35. The molecule has 0 spiro atoms. The lowest BCUT2D eigenvalue weighted by Crippen LogP contribution is -2.54. The van der Waals surface area contributed by atoms with Crippen molar-refractivity contribution >= 4 is 17.8 Å². The van der Waals surface area contributed by atoms with Gasteiger partial charge in [-0.1, -0.05) is 239 Å². The molecule has 0 unspecified atom stereocenters. The Bertz CT molecular complexity index is 2600. The van der Waals surface area contributed by atoms with Crippen molar-refractivity contribution in [2.45, 2.75) is 258 Å². The molecule has 2 fully saturated rings. The maximum atomic E-state index is 17.3. The Balaban J connectivity index is 2.09. The first kappa shape index (κ1) is 62.8. The van der Waals surface area contributed by atoms with E-state index >= 15 is 17.7 Å². The number of benzene rings is 4. The minimum atomic E-state index is -6.54. The number of halogens is 3. The van der Waals surface area contributed by atoms with Crippen LogP contribution in [0.25, 0.3) is 0 Å². The average molecular weight is 1110 g/mol. The summed E-state index contributed by atoms with van der Waals surface area (Å²) in [5, 5.41) is 0. The monoisotopic (exact) mass is 1110 g/mol. The van der Waals surface area contributed by atoms with E-state index in [1.807, 2.05) is 48.5 Å². The molecule has 2 atom stereocenters. The quantitative estimate of drug-likeness (QED) is 0.192. The SMILES string of the molecule is CC1(C)O[C@H]2[C@H](O1)C(c1cc(C(C)(C)C)cc(C(C)(C)C)c1)(c1cc(C(C)(C)C)cc(C(C)(C)C)c1)OP(=O)(NS(=O)(=O)C(F)(F)F)OC2(c1cc(C(C)(C)C)cc(C(C)(C)C)c1)c1cc(C(C)(C)C)cc(C(C)(C)C)c1. The number of alkyl halides is 3. The number of ether oxygens (including phenoxy) is 2. The molecule has 2 heterocycles. The Morgan fingerprint density at radius 1 is 0.390 bits per heavy atom. The van der Waals surface area contributed by atoms with Gasteiger partial charge in [0.25, 0.3) is 0 Å². The van der Waals surface area contributed by atoms with E-state index in [1.54, 1.807) is 18.3 Å². The molecule has 0 aliphatic carbocycles. The summed E-state index contributed by atoms with van der Waals surface area (Å²) in [6.45, 7) is 53.2. The summed E-state index contributed by atoms with van der Waals surface area (Å²) in [4.78, 5) is 0. The van der Waals surface area contributed by atoms with E-state index < -0.39 is 95.8 Å². The predicted molar refractivity (Wildman–Crippen MR) is 309 cm³/mol. The second-order valence-corrected chi connectivity index (χ2v) is 34.4. The van der Waals surface area contributed by atoms with Crippen molar-refractivity contribution in [2.75, 3.05) is 0 Å². The molecule has 2 saturated heterocycles. The summed E-state index contributed by atoms with van der Waals surface area (Å²) in [6, 6.07) is 23.9. The molecule has 1 N–H and O–H groups in total. The molecule has 4 aromatic carbocycles. The summed E-state index contributed by atoms with van der Waals surface area (Å²) in [5.41, 5.74) is -6.67. The Labute approximate surface area is 462 Å². The van der Waals surface area contributed by atoms with Crippen LogP contribution in [0.4, 0.5) is 13.2 Å². The van der Waals surface area contributed by atoms with Crippen LogP contribution in [-0.2, 0) is 87.6 Å². The molecule has 0 radical (unpaired) electrons. The van der Waals surface area contributed by atoms with Crippen LogP contribution in [-0.4, -0.2) is 31.9 Å². The first-order chi connectivity index (χ1) is 34.1. The van der Waals surface area contributed by atoms with Crippen LogP contribution in [0, 0.1) is 0 Å². The molecule has 13 heteroatoms. The van der Waals surface area contributed by atoms with Crippen LogP contribution in [0.1, 0.15) is 247 Å². The van der Waals surface area contributed by atoms with Gasteiger partial charge in [0.2, 0.25) is 0 Å². The van der Waals surface area contributed by atoms with Crippen LogP contribution < -0.4 is 4.49 Å². The van der Waals surface area contributed by atoms with Gasteiger partial charge in [0.1, 0.15) is 12.2 Å². The molecular weight excluding hydrogens is 1010 g/mol. The van der Waals surface area contributed by atoms with Crippen molar-refractivity contribution in [2.24, 2.45) is 0 Å². The molecule has 4 aromatic rings. The molecule has 77 heavy (non-hydrogen) atoms. The molecule has 0 bridgehead atoms. The summed E-state index contributed by atoms with van der Waals surface area (Å²) in [7, 11) is -12.6. The largest absolute Gasteiger partial charge is 0.511 e. The molecular formula is C64H93F3NO7PS. The maximum absolute atomic E-state index is 17.3. The first-order valence-electron chi connectivity index (χ1n) is 27.2. The molecule has 428 valence electrons. The highest BCUT2D eigenvalue weighted by molar-refractivity contribution is 7.95. The topological polar surface area (TPSA) is 100 Å². The zero-order valence-corrected chi connectivity index (χ0v) is 53.1. The summed E-state index contributed by atoms with van der Waals surface area (Å²) in [6.07, 6.45) is -2.91. The zero-order valence-electron chi connectivity index (χ0n) is 51.4. The molecule has 0 saturated carbocycles. The van der Waals surface area contributed by atoms with Gasteiger partial charge in [0.15, 0.2) is 17.0 Å². The van der Waals surface area contributed by atoms with Gasteiger partial charge < -0.3 is 9.47 Å². The van der Waals surface area contributed by atoms with Crippen molar-refractivity contribution in [3.8, 4) is 0 Å². The fourth-order valence-corrected chi connectivity index (χ4v) is 13.4. The van der Waals surface area contributed by atoms with E-state index in [0.717, 1.165) is 44.5 Å². The molecule has 6 rings (SSSR count). The smallest absolute Gasteiger partial charge is 0.341 e. The highest BCUT2D eigenvalue weighted by atomic mass is 32.2. The van der Waals surface area contributed by atoms with Crippen molar-refractivity contribution in [1.29, 1.82) is 0 Å². The first-order valence-corrected chi connectivity index (χ1v) is 30.2. The van der Waals surface area contributed by atoms with Gasteiger partial charge in [0.05, 0.1) is 0 Å². The number of sulfonamides is 1. The number of rotatable bonds is 6. The summed E-state index contributed by atoms with van der Waals surface area (Å²) in [5.74, 6) is -1.49. The van der Waals surface area contributed by atoms with Crippen LogP contribution in [0.15, 0.2) is 72.8 Å². The molecule has 8 nitrogen and oxygen atoms in total. The van der Waals surface area contributed by atoms with Gasteiger partial charge in [-0.2, -0.15) is 13.2 Å². The third kappa shape index (κ3) is 12.6. The van der Waals surface area contributed by atoms with E-state index in [2.05, 4.69) is 190 Å². The lowest BCUT2D eigenvalue weighted by atomic mass is 9.67. The van der Waals surface area contributed by atoms with E-state index in [-0.39, 0.29) is 0 Å². The van der Waals surface area contributed by atoms with Gasteiger partial charge >= 0.3 is 23.3 Å². The minimum Gasteiger partial charge on any atom is -0.341 e. The second-order valence-electron chi connectivity index (χ2n) is 30.9. The van der Waals surface area contributed by atoms with Gasteiger partial charge in [-0.15, -0.1) is 4.49 Å². The van der Waals surface area contributed by atoms with E-state index in [9.17, 15) is 8.42 Å². The fraction of sp³-hybridized carbons (Fsp3) is 0.625. The second kappa shape index (κ2) is 19.1. The number of nitrogens with one attached hydrogen (secondary N) is 1. The van der Waals surface area contributed by atoms with Gasteiger partial charge in [-0.25, -0.2) is 13.0 Å². The van der Waals surface area contributed by atoms with Gasteiger partial charge in [-0.3, -0.25) is 9.05 Å². The summed E-state index contributed by atoms with van der Waals surface area (Å²) >= 11 is 0. The van der Waals surface area contributed by atoms with E-state index in [1.165, 1.54) is 0 Å². The van der Waals surface area contributed by atoms with Crippen molar-refractivity contribution in [3.05, 3.63) is 140 Å². The van der Waals surface area contributed by atoms with Crippen LogP contribution >= 0.6 is 7.75 Å². The average Bonchev–Trinajstić information content (AvgIpc) is 3.52. The molecule has 0 amide bonds. The number of hydrogen-bond acceptors (Lipinski definition) is 7. The standard InChI is InChI=1S/C64H93F3NO7PS/c1-53(2,3)39-27-40(54(4,5)6)32-47(31-39)62(48-33-41(55(7,8)9)28-42(34-48)56(10,11)12)51-52(73-61(25,26)72-51)63(75-76(69,74-62)68-77(70,71)64(65,66)67,49-35-43(57(13,14)15)29-44(36-49)58(16,17)18)50-37-45(59(19,20)21)30-46(38-50)60(22,23)24/h27-38,51-52H,1-26H3,(H,68,69)/t51-,52-/m0/s1. The highest BCUT2D eigenvalue weighted by Gasteiger charge is 2.71. The van der Waals surface area contributed by atoms with Gasteiger partial charge in [-0.05, 0) is 124 Å². The van der Waals surface area contributed by atoms with Gasteiger partial charge in [0, 0.05) is 0 Å². The molecule has 2 aliphatic heterocycles. The van der Waals surface area contributed by atoms with Crippen molar-refractivity contribution in [1.82, 2.24) is 4.49 Å². The zero-order chi connectivity index (χ0) is 59.1. The van der Waals surface area contributed by atoms with Crippen molar-refractivity contribution < 1.29 is 44.7 Å². The normalized spacial score (nSPS) is 20.7. The Morgan fingerprint density at radius 3 is 0.727 bits per heavy atom. The molecule has 0 aromatic heterocycles. The fourth-order valence-electron chi connectivity index (χ4n) is 10.1. The van der Waals surface area contributed by atoms with Crippen LogP contribution in [0.5, 0.6) is 0 Å². The van der Waals surface area contributed by atoms with Crippen LogP contribution in [0.3, 0.4) is 0 Å². The molecule has 2 aliphatic rings. The van der Waals surface area contributed by atoms with E-state index in [4.69, 9.17) is 18.5 Å².